The zero-order chi connectivity index (χ0) is 18.2. The Morgan fingerprint density at radius 2 is 2.00 bits per heavy atom. The highest BCUT2D eigenvalue weighted by Crippen LogP contribution is 2.29. The highest BCUT2D eigenvalue weighted by atomic mass is 32.2. The Morgan fingerprint density at radius 3 is 2.73 bits per heavy atom. The molecule has 0 saturated heterocycles. The summed E-state index contributed by atoms with van der Waals surface area (Å²) in [5, 5.41) is 3.02. The summed E-state index contributed by atoms with van der Waals surface area (Å²) in [7, 11) is 1.57. The average molecular weight is 372 g/mol. The van der Waals surface area contributed by atoms with E-state index in [1.165, 1.54) is 17.7 Å². The second-order valence-electron chi connectivity index (χ2n) is 6.27. The van der Waals surface area contributed by atoms with E-state index < -0.39 is 0 Å². The second-order valence-corrected chi connectivity index (χ2v) is 7.31. The fraction of sp³-hybridized carbons (Fsp3) is 0.400. The molecule has 0 bridgehead atoms. The van der Waals surface area contributed by atoms with Crippen molar-refractivity contribution in [2.75, 3.05) is 13.7 Å². The SMILES string of the molecule is COc1cnc(CSc2ccccc2)cc1OCC(=O)NC1CCCC1. The number of rotatable bonds is 8. The lowest BCUT2D eigenvalue weighted by Gasteiger charge is -2.14. The summed E-state index contributed by atoms with van der Waals surface area (Å²) in [6, 6.07) is 12.3. The Balaban J connectivity index is 1.57. The monoisotopic (exact) mass is 372 g/mol. The largest absolute Gasteiger partial charge is 0.491 e. The molecule has 1 heterocycles. The number of carbonyl (C=O) groups is 1. The number of nitrogens with zero attached hydrogens (tertiary/aromatic N) is 1. The molecule has 1 aromatic carbocycles. The third kappa shape index (κ3) is 5.39. The van der Waals surface area contributed by atoms with Gasteiger partial charge in [-0.2, -0.15) is 0 Å². The first-order chi connectivity index (χ1) is 12.7. The standard InChI is InChI=1S/C20H24N2O3S/c1-24-19-12-21-16(14-26-17-9-3-2-4-10-17)11-18(19)25-13-20(23)22-15-7-5-6-8-15/h2-4,9-12,15H,5-8,13-14H2,1H3,(H,22,23). The zero-order valence-corrected chi connectivity index (χ0v) is 15.8. The fourth-order valence-electron chi connectivity index (χ4n) is 2.97. The first-order valence-corrected chi connectivity index (χ1v) is 9.86. The second kappa shape index (κ2) is 9.48. The van der Waals surface area contributed by atoms with Crippen molar-refractivity contribution < 1.29 is 14.3 Å². The molecule has 5 nitrogen and oxygen atoms in total. The number of hydrogen-bond acceptors (Lipinski definition) is 5. The third-order valence-electron chi connectivity index (χ3n) is 4.32. The van der Waals surface area contributed by atoms with Gasteiger partial charge in [0, 0.05) is 22.8 Å². The number of hydrogen-bond donors (Lipinski definition) is 1. The molecule has 1 fully saturated rings. The van der Waals surface area contributed by atoms with E-state index in [2.05, 4.69) is 22.4 Å². The van der Waals surface area contributed by atoms with Crippen LogP contribution in [0.1, 0.15) is 31.4 Å². The van der Waals surface area contributed by atoms with Crippen molar-refractivity contribution in [2.45, 2.75) is 42.4 Å². The Morgan fingerprint density at radius 1 is 1.23 bits per heavy atom. The lowest BCUT2D eigenvalue weighted by Crippen LogP contribution is -2.36. The Kier molecular flexibility index (Phi) is 6.77. The summed E-state index contributed by atoms with van der Waals surface area (Å²) >= 11 is 1.70. The molecule has 0 aliphatic heterocycles. The molecule has 0 atom stereocenters. The molecule has 1 aliphatic rings. The highest BCUT2D eigenvalue weighted by molar-refractivity contribution is 7.98. The average Bonchev–Trinajstić information content (AvgIpc) is 3.18. The Labute approximate surface area is 158 Å². The van der Waals surface area contributed by atoms with E-state index in [1.54, 1.807) is 25.1 Å². The smallest absolute Gasteiger partial charge is 0.258 e. The molecule has 1 aliphatic carbocycles. The molecule has 1 N–H and O–H groups in total. The first kappa shape index (κ1) is 18.6. The number of methoxy groups -OCH3 is 1. The van der Waals surface area contributed by atoms with Gasteiger partial charge in [-0.15, -0.1) is 11.8 Å². The molecule has 138 valence electrons. The van der Waals surface area contributed by atoms with E-state index in [-0.39, 0.29) is 12.5 Å². The van der Waals surface area contributed by atoms with Gasteiger partial charge in [-0.25, -0.2) is 0 Å². The lowest BCUT2D eigenvalue weighted by molar-refractivity contribution is -0.123. The molecule has 3 rings (SSSR count). The number of ether oxygens (including phenoxy) is 2. The Bertz CT molecular complexity index is 718. The normalized spacial score (nSPS) is 14.2. The number of amides is 1. The predicted octanol–water partition coefficient (Wildman–Crippen LogP) is 3.82. The van der Waals surface area contributed by atoms with E-state index in [0.717, 1.165) is 24.3 Å². The van der Waals surface area contributed by atoms with Crippen LogP contribution in [0, 0.1) is 0 Å². The quantitative estimate of drug-likeness (QED) is 0.714. The van der Waals surface area contributed by atoms with Gasteiger partial charge in [0.1, 0.15) is 0 Å². The van der Waals surface area contributed by atoms with Gasteiger partial charge in [-0.3, -0.25) is 9.78 Å². The molecule has 1 amide bonds. The minimum atomic E-state index is -0.0871. The summed E-state index contributed by atoms with van der Waals surface area (Å²) < 4.78 is 11.0. The third-order valence-corrected chi connectivity index (χ3v) is 5.36. The van der Waals surface area contributed by atoms with E-state index >= 15 is 0 Å². The van der Waals surface area contributed by atoms with Crippen molar-refractivity contribution in [3.8, 4) is 11.5 Å². The van der Waals surface area contributed by atoms with Gasteiger partial charge < -0.3 is 14.8 Å². The molecule has 0 spiro atoms. The summed E-state index contributed by atoms with van der Waals surface area (Å²) in [4.78, 5) is 17.7. The number of thioether (sulfide) groups is 1. The van der Waals surface area contributed by atoms with Crippen LogP contribution in [0.3, 0.4) is 0 Å². The molecule has 1 saturated carbocycles. The first-order valence-electron chi connectivity index (χ1n) is 8.87. The summed E-state index contributed by atoms with van der Waals surface area (Å²) in [5.41, 5.74) is 0.880. The van der Waals surface area contributed by atoms with Crippen LogP contribution < -0.4 is 14.8 Å². The molecule has 0 radical (unpaired) electrons. The highest BCUT2D eigenvalue weighted by Gasteiger charge is 2.18. The number of nitrogens with one attached hydrogen (secondary N) is 1. The van der Waals surface area contributed by atoms with Crippen LogP contribution in [0.4, 0.5) is 0 Å². The summed E-state index contributed by atoms with van der Waals surface area (Å²) in [6.07, 6.45) is 6.14. The number of benzene rings is 1. The van der Waals surface area contributed by atoms with Crippen molar-refractivity contribution in [2.24, 2.45) is 0 Å². The predicted molar refractivity (Wildman–Crippen MR) is 103 cm³/mol. The molecule has 0 unspecified atom stereocenters. The van der Waals surface area contributed by atoms with Gasteiger partial charge in [-0.1, -0.05) is 31.0 Å². The van der Waals surface area contributed by atoms with Crippen LogP contribution in [-0.4, -0.2) is 30.6 Å². The van der Waals surface area contributed by atoms with Gasteiger partial charge in [0.15, 0.2) is 18.1 Å². The van der Waals surface area contributed by atoms with E-state index in [1.807, 2.05) is 24.3 Å². The molecular formula is C20H24N2O3S. The maximum Gasteiger partial charge on any atom is 0.258 e. The van der Waals surface area contributed by atoms with Crippen molar-refractivity contribution in [1.29, 1.82) is 0 Å². The van der Waals surface area contributed by atoms with Crippen LogP contribution >= 0.6 is 11.8 Å². The molecule has 26 heavy (non-hydrogen) atoms. The number of pyridine rings is 1. The molecular weight excluding hydrogens is 348 g/mol. The van der Waals surface area contributed by atoms with Crippen molar-refractivity contribution in [3.63, 3.8) is 0 Å². The van der Waals surface area contributed by atoms with Crippen LogP contribution in [0.2, 0.25) is 0 Å². The minimum absolute atomic E-state index is 0.0118. The van der Waals surface area contributed by atoms with Gasteiger partial charge in [-0.05, 0) is 25.0 Å². The van der Waals surface area contributed by atoms with Crippen LogP contribution in [0.25, 0.3) is 0 Å². The zero-order valence-electron chi connectivity index (χ0n) is 14.9. The van der Waals surface area contributed by atoms with Gasteiger partial charge >= 0.3 is 0 Å². The number of aromatic nitrogens is 1. The summed E-state index contributed by atoms with van der Waals surface area (Å²) in [5.74, 6) is 1.72. The molecule has 2 aromatic rings. The van der Waals surface area contributed by atoms with Crippen LogP contribution in [0.15, 0.2) is 47.5 Å². The van der Waals surface area contributed by atoms with Crippen LogP contribution in [0.5, 0.6) is 11.5 Å². The topological polar surface area (TPSA) is 60.5 Å². The molecule has 6 heteroatoms. The van der Waals surface area contributed by atoms with Gasteiger partial charge in [0.2, 0.25) is 0 Å². The van der Waals surface area contributed by atoms with E-state index in [4.69, 9.17) is 9.47 Å². The Hall–Kier alpha value is -2.21. The van der Waals surface area contributed by atoms with Crippen molar-refractivity contribution >= 4 is 17.7 Å². The lowest BCUT2D eigenvalue weighted by atomic mass is 10.2. The van der Waals surface area contributed by atoms with E-state index in [0.29, 0.717) is 17.5 Å². The maximum absolute atomic E-state index is 12.1. The van der Waals surface area contributed by atoms with Gasteiger partial charge in [0.25, 0.3) is 5.91 Å². The maximum atomic E-state index is 12.1. The number of carbonyl (C=O) groups excluding carboxylic acids is 1. The van der Waals surface area contributed by atoms with Crippen LogP contribution in [-0.2, 0) is 10.5 Å². The van der Waals surface area contributed by atoms with Crippen molar-refractivity contribution in [3.05, 3.63) is 48.3 Å². The van der Waals surface area contributed by atoms with Gasteiger partial charge in [0.05, 0.1) is 19.0 Å². The fourth-order valence-corrected chi connectivity index (χ4v) is 3.79. The van der Waals surface area contributed by atoms with Crippen molar-refractivity contribution in [1.82, 2.24) is 10.3 Å². The summed E-state index contributed by atoms with van der Waals surface area (Å²) in [6.45, 7) is -0.0118. The minimum Gasteiger partial charge on any atom is -0.491 e. The van der Waals surface area contributed by atoms with E-state index in [9.17, 15) is 4.79 Å². The molecule has 1 aromatic heterocycles.